The number of hydrogen-bond acceptors (Lipinski definition) is 6. The molecule has 0 spiro atoms. The summed E-state index contributed by atoms with van der Waals surface area (Å²) in [7, 11) is 1.00. The number of nitrogens with one attached hydrogen (secondary N) is 2. The molecule has 0 amide bonds. The third-order valence-electron chi connectivity index (χ3n) is 6.03. The lowest BCUT2D eigenvalue weighted by Gasteiger charge is -2.29. The third-order valence-corrected chi connectivity index (χ3v) is 6.03. The summed E-state index contributed by atoms with van der Waals surface area (Å²) >= 11 is 0. The van der Waals surface area contributed by atoms with Crippen molar-refractivity contribution in [3.05, 3.63) is 83.1 Å². The van der Waals surface area contributed by atoms with Crippen LogP contribution < -0.4 is 16.4 Å². The van der Waals surface area contributed by atoms with E-state index in [1.165, 1.54) is 36.7 Å². The van der Waals surface area contributed by atoms with Gasteiger partial charge in [-0.05, 0) is 93.5 Å². The number of benzene rings is 2. The number of rotatable bonds is 6. The second-order valence-electron chi connectivity index (χ2n) is 8.80. The predicted molar refractivity (Wildman–Crippen MR) is 150 cm³/mol. The lowest BCUT2D eigenvalue weighted by atomic mass is 10.0. The summed E-state index contributed by atoms with van der Waals surface area (Å²) in [6, 6.07) is 11.2. The number of nitrogens with two attached hydrogens (primary N) is 1. The zero-order chi connectivity index (χ0) is 28.1. The average molecular weight is 528 g/mol. The molecule has 1 unspecified atom stereocenters. The van der Waals surface area contributed by atoms with E-state index in [9.17, 15) is 13.2 Å². The number of likely N-dealkylation sites (tertiary alicyclic amines) is 1. The van der Waals surface area contributed by atoms with E-state index < -0.39 is 11.7 Å². The highest BCUT2D eigenvalue weighted by Crippen LogP contribution is 2.31. The van der Waals surface area contributed by atoms with Crippen LogP contribution in [-0.2, 0) is 12.6 Å². The minimum atomic E-state index is -4.36. The van der Waals surface area contributed by atoms with Gasteiger partial charge in [-0.1, -0.05) is 17.7 Å². The van der Waals surface area contributed by atoms with E-state index >= 15 is 0 Å². The summed E-state index contributed by atoms with van der Waals surface area (Å²) in [4.78, 5) is 7.27. The SMILES string of the molecule is C#C.C/C(=C/C=C\N)Cc1ccc2c(c1)NC(CN1CCCC1)N=C2Nc1ccc(C(F)(F)F)cc1.CO. The summed E-state index contributed by atoms with van der Waals surface area (Å²) in [6.45, 7) is 4.95. The van der Waals surface area contributed by atoms with Crippen molar-refractivity contribution in [1.29, 1.82) is 0 Å². The first-order valence-corrected chi connectivity index (χ1v) is 12.3. The quantitative estimate of drug-likeness (QED) is 0.305. The second kappa shape index (κ2) is 14.9. The number of aliphatic imine (C=N–C) groups is 1. The Bertz CT molecular complexity index is 1130. The molecule has 0 saturated carbocycles. The zero-order valence-corrected chi connectivity index (χ0v) is 21.8. The van der Waals surface area contributed by atoms with Crippen molar-refractivity contribution < 1.29 is 18.3 Å². The lowest BCUT2D eigenvalue weighted by Crippen LogP contribution is -2.38. The second-order valence-corrected chi connectivity index (χ2v) is 8.80. The van der Waals surface area contributed by atoms with Crippen molar-refractivity contribution in [2.75, 3.05) is 37.4 Å². The monoisotopic (exact) mass is 527 g/mol. The van der Waals surface area contributed by atoms with Crippen LogP contribution in [0.25, 0.3) is 0 Å². The molecule has 2 heterocycles. The normalized spacial score (nSPS) is 17.3. The zero-order valence-electron chi connectivity index (χ0n) is 21.8. The first-order chi connectivity index (χ1) is 18.3. The first kappa shape index (κ1) is 30.5. The number of alkyl halides is 3. The Morgan fingerprint density at radius 3 is 2.42 bits per heavy atom. The number of terminal acetylenes is 1. The van der Waals surface area contributed by atoms with E-state index in [1.807, 2.05) is 18.2 Å². The number of fused-ring (bicyclic) bond motifs is 1. The summed E-state index contributed by atoms with van der Waals surface area (Å²) in [5.41, 5.74) is 9.53. The molecule has 0 aromatic heterocycles. The molecule has 9 heteroatoms. The molecule has 0 bridgehead atoms. The van der Waals surface area contributed by atoms with Crippen molar-refractivity contribution in [3.8, 4) is 12.8 Å². The fraction of sp³-hybridized carbons (Fsp3) is 0.345. The van der Waals surface area contributed by atoms with Crippen LogP contribution in [0, 0.1) is 12.8 Å². The molecule has 38 heavy (non-hydrogen) atoms. The molecular weight excluding hydrogens is 491 g/mol. The molecule has 2 aliphatic heterocycles. The van der Waals surface area contributed by atoms with E-state index in [0.717, 1.165) is 62.1 Å². The van der Waals surface area contributed by atoms with Crippen LogP contribution in [0.5, 0.6) is 0 Å². The molecule has 2 aliphatic rings. The van der Waals surface area contributed by atoms with Crippen LogP contribution in [0.4, 0.5) is 24.5 Å². The molecule has 2 aromatic carbocycles. The highest BCUT2D eigenvalue weighted by atomic mass is 19.4. The van der Waals surface area contributed by atoms with Gasteiger partial charge in [0.1, 0.15) is 12.0 Å². The van der Waals surface area contributed by atoms with Crippen LogP contribution in [0.3, 0.4) is 0 Å². The standard InChI is InChI=1S/C26H30F3N5.C2H2.CH4O/c1-18(5-4-12-30)15-19-6-11-22-23(16-19)32-24(17-34-13-2-3-14-34)33-25(22)31-21-9-7-20(8-10-21)26(27,28)29;2*1-2/h4-12,16,24,32H,2-3,13-15,17,30H2,1H3,(H,31,33);1-2H;2H,1H3/b12-4-,18-5-;;. The molecule has 1 saturated heterocycles. The Morgan fingerprint density at radius 1 is 1.16 bits per heavy atom. The first-order valence-electron chi connectivity index (χ1n) is 12.3. The fourth-order valence-corrected chi connectivity index (χ4v) is 4.34. The van der Waals surface area contributed by atoms with Gasteiger partial charge in [-0.3, -0.25) is 4.90 Å². The highest BCUT2D eigenvalue weighted by molar-refractivity contribution is 6.12. The number of aliphatic hydroxyl groups is 1. The molecule has 204 valence electrons. The van der Waals surface area contributed by atoms with Gasteiger partial charge in [0.15, 0.2) is 0 Å². The van der Waals surface area contributed by atoms with Crippen molar-refractivity contribution in [3.63, 3.8) is 0 Å². The van der Waals surface area contributed by atoms with E-state index in [2.05, 4.69) is 47.4 Å². The van der Waals surface area contributed by atoms with Crippen LogP contribution >= 0.6 is 0 Å². The largest absolute Gasteiger partial charge is 0.416 e. The molecule has 4 rings (SSSR count). The van der Waals surface area contributed by atoms with Gasteiger partial charge < -0.3 is 21.5 Å². The maximum absolute atomic E-state index is 12.9. The van der Waals surface area contributed by atoms with Crippen molar-refractivity contribution in [1.82, 2.24) is 4.90 Å². The van der Waals surface area contributed by atoms with Gasteiger partial charge in [0.05, 0.1) is 5.56 Å². The predicted octanol–water partition coefficient (Wildman–Crippen LogP) is 5.23. The van der Waals surface area contributed by atoms with Crippen molar-refractivity contribution >= 4 is 17.2 Å². The summed E-state index contributed by atoms with van der Waals surface area (Å²) in [5, 5.41) is 13.8. The van der Waals surface area contributed by atoms with Gasteiger partial charge in [0.25, 0.3) is 0 Å². The molecule has 0 radical (unpaired) electrons. The minimum absolute atomic E-state index is 0.144. The van der Waals surface area contributed by atoms with Gasteiger partial charge in [0.2, 0.25) is 0 Å². The Hall–Kier alpha value is -3.74. The van der Waals surface area contributed by atoms with Gasteiger partial charge in [0, 0.05) is 30.6 Å². The molecule has 6 nitrogen and oxygen atoms in total. The number of hydrogen-bond donors (Lipinski definition) is 4. The average Bonchev–Trinajstić information content (AvgIpc) is 3.42. The van der Waals surface area contributed by atoms with Crippen molar-refractivity contribution in [2.24, 2.45) is 10.7 Å². The highest BCUT2D eigenvalue weighted by Gasteiger charge is 2.30. The Labute approximate surface area is 223 Å². The van der Waals surface area contributed by atoms with E-state index in [4.69, 9.17) is 15.8 Å². The van der Waals surface area contributed by atoms with Crippen LogP contribution in [-0.4, -0.2) is 48.8 Å². The van der Waals surface area contributed by atoms with E-state index in [0.29, 0.717) is 11.5 Å². The van der Waals surface area contributed by atoms with E-state index in [1.54, 1.807) is 0 Å². The summed E-state index contributed by atoms with van der Waals surface area (Å²) in [5.74, 6) is 0.655. The van der Waals surface area contributed by atoms with Gasteiger partial charge in [-0.15, -0.1) is 12.8 Å². The van der Waals surface area contributed by atoms with Gasteiger partial charge in [-0.2, -0.15) is 13.2 Å². The molecule has 2 aromatic rings. The number of anilines is 2. The lowest BCUT2D eigenvalue weighted by molar-refractivity contribution is -0.137. The van der Waals surface area contributed by atoms with Crippen LogP contribution in [0.2, 0.25) is 0 Å². The Morgan fingerprint density at radius 2 is 1.82 bits per heavy atom. The Balaban J connectivity index is 0.00000121. The fourth-order valence-electron chi connectivity index (χ4n) is 4.34. The molecular formula is C29H36F3N5O. The van der Waals surface area contributed by atoms with Crippen LogP contribution in [0.15, 0.2) is 71.4 Å². The molecule has 1 atom stereocenters. The maximum Gasteiger partial charge on any atom is 0.416 e. The third kappa shape index (κ3) is 8.68. The van der Waals surface area contributed by atoms with Crippen LogP contribution in [0.1, 0.15) is 36.5 Å². The van der Waals surface area contributed by atoms with E-state index in [-0.39, 0.29) is 6.17 Å². The molecule has 5 N–H and O–H groups in total. The number of amidine groups is 1. The minimum Gasteiger partial charge on any atom is -0.405 e. The number of halogens is 3. The van der Waals surface area contributed by atoms with Gasteiger partial charge >= 0.3 is 6.18 Å². The Kier molecular flexibility index (Phi) is 11.9. The maximum atomic E-state index is 12.9. The van der Waals surface area contributed by atoms with Crippen molar-refractivity contribution in [2.45, 2.75) is 38.5 Å². The van der Waals surface area contributed by atoms with Gasteiger partial charge in [-0.25, -0.2) is 4.99 Å². The topological polar surface area (TPSA) is 85.9 Å². The summed E-state index contributed by atoms with van der Waals surface area (Å²) in [6.07, 6.45) is 12.0. The number of aliphatic hydroxyl groups excluding tert-OH is 1. The number of allylic oxidation sites excluding steroid dienone is 3. The number of nitrogens with zero attached hydrogens (tertiary/aromatic N) is 2. The molecule has 1 fully saturated rings. The molecule has 0 aliphatic carbocycles. The summed E-state index contributed by atoms with van der Waals surface area (Å²) < 4.78 is 38.8. The smallest absolute Gasteiger partial charge is 0.405 e.